The lowest BCUT2D eigenvalue weighted by molar-refractivity contribution is -0.118. The van der Waals surface area contributed by atoms with E-state index in [1.165, 1.54) is 11.8 Å². The molecule has 2 aromatic carbocycles. The molecule has 0 spiro atoms. The Balaban J connectivity index is 1.68. The molecule has 2 rings (SSSR count). The molecule has 0 saturated heterocycles. The summed E-state index contributed by atoms with van der Waals surface area (Å²) >= 11 is 7.04. The highest BCUT2D eigenvalue weighted by Gasteiger charge is 2.08. The van der Waals surface area contributed by atoms with Gasteiger partial charge in [-0.1, -0.05) is 29.8 Å². The van der Waals surface area contributed by atoms with Gasteiger partial charge in [-0.15, -0.1) is 11.8 Å². The van der Waals surface area contributed by atoms with Gasteiger partial charge in [-0.3, -0.25) is 20.0 Å². The van der Waals surface area contributed by atoms with E-state index in [1.807, 2.05) is 30.3 Å². The molecule has 126 valence electrons. The van der Waals surface area contributed by atoms with Crippen LogP contribution in [0.3, 0.4) is 0 Å². The van der Waals surface area contributed by atoms with Crippen molar-refractivity contribution in [1.82, 2.24) is 5.43 Å². The Morgan fingerprint density at radius 2 is 1.62 bits per heavy atom. The maximum atomic E-state index is 11.9. The number of carbonyl (C=O) groups is 2. The molecule has 0 aliphatic rings. The molecule has 2 amide bonds. The van der Waals surface area contributed by atoms with Gasteiger partial charge in [0.05, 0.1) is 17.2 Å². The second-order valence-electron chi connectivity index (χ2n) is 4.98. The summed E-state index contributed by atoms with van der Waals surface area (Å²) in [4.78, 5) is 23.7. The first-order valence-corrected chi connectivity index (χ1v) is 8.79. The number of para-hydroxylation sites is 1. The summed E-state index contributed by atoms with van der Waals surface area (Å²) < 4.78 is 0. The molecule has 0 atom stereocenters. The van der Waals surface area contributed by atoms with E-state index < -0.39 is 0 Å². The van der Waals surface area contributed by atoms with Gasteiger partial charge in [0, 0.05) is 17.8 Å². The van der Waals surface area contributed by atoms with Crippen LogP contribution in [-0.2, 0) is 9.59 Å². The molecule has 0 aromatic heterocycles. The number of hydrazine groups is 1. The summed E-state index contributed by atoms with van der Waals surface area (Å²) in [6.45, 7) is 0. The summed E-state index contributed by atoms with van der Waals surface area (Å²) in [6.07, 6.45) is 0. The maximum absolute atomic E-state index is 11.9. The highest BCUT2D eigenvalue weighted by Crippen LogP contribution is 2.14. The Labute approximate surface area is 150 Å². The predicted octanol–water partition coefficient (Wildman–Crippen LogP) is 3.18. The van der Waals surface area contributed by atoms with Crippen LogP contribution in [0.1, 0.15) is 0 Å². The topological polar surface area (TPSA) is 61.4 Å². The van der Waals surface area contributed by atoms with Crippen molar-refractivity contribution in [3.05, 3.63) is 59.6 Å². The molecule has 24 heavy (non-hydrogen) atoms. The van der Waals surface area contributed by atoms with E-state index in [0.29, 0.717) is 10.7 Å². The number of thioether (sulfide) groups is 1. The fourth-order valence-corrected chi connectivity index (χ4v) is 2.64. The number of amides is 2. The highest BCUT2D eigenvalue weighted by molar-refractivity contribution is 8.00. The van der Waals surface area contributed by atoms with Gasteiger partial charge in [-0.25, -0.2) is 0 Å². The molecule has 0 heterocycles. The average Bonchev–Trinajstić information content (AvgIpc) is 2.57. The fraction of sp³-hybridized carbons (Fsp3) is 0.176. The number of carbonyl (C=O) groups excluding carboxylic acids is 2. The Morgan fingerprint density at radius 1 is 1.00 bits per heavy atom. The molecule has 2 N–H and O–H groups in total. The van der Waals surface area contributed by atoms with Crippen LogP contribution < -0.4 is 15.8 Å². The van der Waals surface area contributed by atoms with E-state index in [1.54, 1.807) is 36.3 Å². The van der Waals surface area contributed by atoms with Gasteiger partial charge in [0.15, 0.2) is 0 Å². The van der Waals surface area contributed by atoms with Crippen molar-refractivity contribution in [3.63, 3.8) is 0 Å². The number of nitrogens with one attached hydrogen (secondary N) is 2. The van der Waals surface area contributed by atoms with Crippen LogP contribution in [0.2, 0.25) is 5.02 Å². The van der Waals surface area contributed by atoms with Crippen LogP contribution in [0, 0.1) is 0 Å². The van der Waals surface area contributed by atoms with Crippen LogP contribution in [0.4, 0.5) is 11.4 Å². The standard InChI is InChI=1S/C17H18ClN3O2S/c1-21(15-5-3-2-4-6-15)20-17(23)12-24-11-16(22)19-14-9-7-13(18)8-10-14/h2-10H,11-12H2,1H3,(H,19,22)(H,20,23). The number of nitrogens with zero attached hydrogens (tertiary/aromatic N) is 1. The molecular weight excluding hydrogens is 346 g/mol. The molecule has 0 fully saturated rings. The minimum atomic E-state index is -0.161. The number of rotatable bonds is 7. The minimum Gasteiger partial charge on any atom is -0.325 e. The monoisotopic (exact) mass is 363 g/mol. The molecule has 0 saturated carbocycles. The van der Waals surface area contributed by atoms with Crippen molar-refractivity contribution in [2.24, 2.45) is 0 Å². The predicted molar refractivity (Wildman–Crippen MR) is 100 cm³/mol. The second kappa shape index (κ2) is 9.20. The van der Waals surface area contributed by atoms with Crippen molar-refractivity contribution < 1.29 is 9.59 Å². The average molecular weight is 364 g/mol. The third-order valence-electron chi connectivity index (χ3n) is 3.03. The number of anilines is 2. The van der Waals surface area contributed by atoms with E-state index >= 15 is 0 Å². The van der Waals surface area contributed by atoms with Gasteiger partial charge in [0.25, 0.3) is 0 Å². The summed E-state index contributed by atoms with van der Waals surface area (Å²) in [5, 5.41) is 5.01. The molecule has 2 aromatic rings. The molecule has 7 heteroatoms. The zero-order valence-corrected chi connectivity index (χ0v) is 14.7. The zero-order valence-electron chi connectivity index (χ0n) is 13.2. The maximum Gasteiger partial charge on any atom is 0.248 e. The van der Waals surface area contributed by atoms with Crippen molar-refractivity contribution >= 4 is 46.6 Å². The summed E-state index contributed by atoms with van der Waals surface area (Å²) in [5.41, 5.74) is 4.32. The van der Waals surface area contributed by atoms with Crippen LogP contribution in [0.25, 0.3) is 0 Å². The van der Waals surface area contributed by atoms with Gasteiger partial charge in [0.2, 0.25) is 11.8 Å². The van der Waals surface area contributed by atoms with E-state index in [9.17, 15) is 9.59 Å². The summed E-state index contributed by atoms with van der Waals surface area (Å²) in [6, 6.07) is 16.4. The third kappa shape index (κ3) is 6.14. The van der Waals surface area contributed by atoms with Gasteiger partial charge < -0.3 is 5.32 Å². The van der Waals surface area contributed by atoms with Gasteiger partial charge in [-0.05, 0) is 36.4 Å². The molecule has 0 aliphatic heterocycles. The van der Waals surface area contributed by atoms with E-state index in [4.69, 9.17) is 11.6 Å². The van der Waals surface area contributed by atoms with E-state index in [0.717, 1.165) is 5.69 Å². The first-order valence-electron chi connectivity index (χ1n) is 7.26. The Hall–Kier alpha value is -2.18. The van der Waals surface area contributed by atoms with Gasteiger partial charge in [0.1, 0.15) is 0 Å². The number of benzene rings is 2. The van der Waals surface area contributed by atoms with Gasteiger partial charge >= 0.3 is 0 Å². The normalized spacial score (nSPS) is 10.1. The smallest absolute Gasteiger partial charge is 0.248 e. The largest absolute Gasteiger partial charge is 0.325 e. The van der Waals surface area contributed by atoms with Crippen LogP contribution in [-0.4, -0.2) is 30.4 Å². The number of hydrogen-bond acceptors (Lipinski definition) is 4. The molecule has 0 aliphatic carbocycles. The Bertz CT molecular complexity index is 680. The van der Waals surface area contributed by atoms with Crippen LogP contribution in [0.5, 0.6) is 0 Å². The summed E-state index contributed by atoms with van der Waals surface area (Å²) in [7, 11) is 1.77. The molecule has 0 bridgehead atoms. The lowest BCUT2D eigenvalue weighted by Crippen LogP contribution is -2.40. The molecular formula is C17H18ClN3O2S. The number of halogens is 1. The van der Waals surface area contributed by atoms with Gasteiger partial charge in [-0.2, -0.15) is 0 Å². The minimum absolute atomic E-state index is 0.161. The first-order chi connectivity index (χ1) is 11.5. The van der Waals surface area contributed by atoms with E-state index in [2.05, 4.69) is 10.7 Å². The second-order valence-corrected chi connectivity index (χ2v) is 6.40. The summed E-state index contributed by atoms with van der Waals surface area (Å²) in [5.74, 6) is 0.0771. The van der Waals surface area contributed by atoms with Crippen molar-refractivity contribution in [2.45, 2.75) is 0 Å². The third-order valence-corrected chi connectivity index (χ3v) is 4.21. The quantitative estimate of drug-likeness (QED) is 0.742. The van der Waals surface area contributed by atoms with Crippen LogP contribution in [0.15, 0.2) is 54.6 Å². The van der Waals surface area contributed by atoms with Crippen molar-refractivity contribution in [3.8, 4) is 0 Å². The molecule has 0 unspecified atom stereocenters. The molecule has 5 nitrogen and oxygen atoms in total. The van der Waals surface area contributed by atoms with E-state index in [-0.39, 0.29) is 23.3 Å². The highest BCUT2D eigenvalue weighted by atomic mass is 35.5. The van der Waals surface area contributed by atoms with Crippen LogP contribution >= 0.6 is 23.4 Å². The zero-order chi connectivity index (χ0) is 17.4. The fourth-order valence-electron chi connectivity index (χ4n) is 1.90. The van der Waals surface area contributed by atoms with Crippen molar-refractivity contribution in [1.29, 1.82) is 0 Å². The Kier molecular flexibility index (Phi) is 6.96. The lowest BCUT2D eigenvalue weighted by Gasteiger charge is -2.20. The molecule has 0 radical (unpaired) electrons. The Morgan fingerprint density at radius 3 is 2.29 bits per heavy atom. The SMILES string of the molecule is CN(NC(=O)CSCC(=O)Nc1ccc(Cl)cc1)c1ccccc1. The lowest BCUT2D eigenvalue weighted by atomic mass is 10.3. The van der Waals surface area contributed by atoms with Crippen molar-refractivity contribution in [2.75, 3.05) is 28.9 Å². The first kappa shape index (κ1) is 18.2. The number of hydrogen-bond donors (Lipinski definition) is 2.